The molecule has 1 amide bonds. The van der Waals surface area contributed by atoms with Crippen LogP contribution in [0.5, 0.6) is 11.5 Å². The number of benzene rings is 1. The topological polar surface area (TPSA) is 59.6 Å². The number of nitrogens with one attached hydrogen (secondary N) is 2. The van der Waals surface area contributed by atoms with Crippen molar-refractivity contribution in [1.29, 1.82) is 0 Å². The zero-order chi connectivity index (χ0) is 15.2. The summed E-state index contributed by atoms with van der Waals surface area (Å²) in [7, 11) is 1.75. The molecule has 0 saturated heterocycles. The molecule has 0 saturated carbocycles. The number of carbonyl (C=O) groups is 1. The molecule has 20 heavy (non-hydrogen) atoms. The van der Waals surface area contributed by atoms with E-state index in [2.05, 4.69) is 10.6 Å². The highest BCUT2D eigenvalue weighted by molar-refractivity contribution is 5.98. The van der Waals surface area contributed by atoms with Crippen LogP contribution in [-0.2, 0) is 4.79 Å². The second kappa shape index (κ2) is 7.14. The molecule has 0 aliphatic carbocycles. The molecule has 5 nitrogen and oxygen atoms in total. The summed E-state index contributed by atoms with van der Waals surface area (Å²) in [5.41, 5.74) is -0.0448. The molecule has 0 aromatic heterocycles. The van der Waals surface area contributed by atoms with Crippen molar-refractivity contribution < 1.29 is 14.3 Å². The molecule has 5 heteroatoms. The van der Waals surface area contributed by atoms with Gasteiger partial charge in [0.05, 0.1) is 24.4 Å². The minimum absolute atomic E-state index is 0.130. The maximum absolute atomic E-state index is 12.2. The van der Waals surface area contributed by atoms with Gasteiger partial charge in [0, 0.05) is 6.07 Å². The van der Waals surface area contributed by atoms with E-state index in [1.54, 1.807) is 19.2 Å². The monoisotopic (exact) mass is 280 g/mol. The maximum atomic E-state index is 12.2. The van der Waals surface area contributed by atoms with Crippen LogP contribution in [0.3, 0.4) is 0 Å². The lowest BCUT2D eigenvalue weighted by Gasteiger charge is -2.23. The predicted octanol–water partition coefficient (Wildman–Crippen LogP) is 2.42. The lowest BCUT2D eigenvalue weighted by molar-refractivity contribution is -0.121. The summed E-state index contributed by atoms with van der Waals surface area (Å²) in [6.45, 7) is 8.55. The van der Waals surface area contributed by atoms with E-state index in [1.165, 1.54) is 0 Å². The fraction of sp³-hybridized carbons (Fsp3) is 0.533. The van der Waals surface area contributed by atoms with Gasteiger partial charge >= 0.3 is 0 Å². The SMILES string of the molecule is CCOc1ccc(OCC)c(NC(=O)C(C)(C)NC)c1. The minimum Gasteiger partial charge on any atom is -0.494 e. The van der Waals surface area contributed by atoms with Crippen molar-refractivity contribution in [2.24, 2.45) is 0 Å². The van der Waals surface area contributed by atoms with E-state index < -0.39 is 5.54 Å². The summed E-state index contributed by atoms with van der Waals surface area (Å²) in [6, 6.07) is 5.40. The van der Waals surface area contributed by atoms with Crippen LogP contribution in [0.15, 0.2) is 18.2 Å². The van der Waals surface area contributed by atoms with E-state index in [9.17, 15) is 4.79 Å². The highest BCUT2D eigenvalue weighted by Crippen LogP contribution is 2.30. The van der Waals surface area contributed by atoms with Crippen molar-refractivity contribution in [2.45, 2.75) is 33.2 Å². The van der Waals surface area contributed by atoms with Crippen LogP contribution in [-0.4, -0.2) is 31.7 Å². The van der Waals surface area contributed by atoms with Crippen molar-refractivity contribution in [2.75, 3.05) is 25.6 Å². The summed E-state index contributed by atoms with van der Waals surface area (Å²) >= 11 is 0. The van der Waals surface area contributed by atoms with Crippen molar-refractivity contribution in [3.63, 3.8) is 0 Å². The molecule has 0 unspecified atom stereocenters. The molecule has 0 aliphatic rings. The molecule has 0 heterocycles. The van der Waals surface area contributed by atoms with E-state index in [4.69, 9.17) is 9.47 Å². The van der Waals surface area contributed by atoms with Gasteiger partial charge in [-0.2, -0.15) is 0 Å². The van der Waals surface area contributed by atoms with Crippen molar-refractivity contribution in [3.05, 3.63) is 18.2 Å². The van der Waals surface area contributed by atoms with E-state index in [1.807, 2.05) is 33.8 Å². The number of likely N-dealkylation sites (N-methyl/N-ethyl adjacent to an activating group) is 1. The molecule has 1 aromatic rings. The normalized spacial score (nSPS) is 11.1. The Labute approximate surface area is 120 Å². The summed E-state index contributed by atoms with van der Waals surface area (Å²) < 4.78 is 11.0. The molecule has 0 fully saturated rings. The molecule has 0 atom stereocenters. The number of anilines is 1. The van der Waals surface area contributed by atoms with E-state index >= 15 is 0 Å². The van der Waals surface area contributed by atoms with Gasteiger partial charge in [-0.1, -0.05) is 0 Å². The third kappa shape index (κ3) is 4.13. The fourth-order valence-electron chi connectivity index (χ4n) is 1.54. The Morgan fingerprint density at radius 3 is 2.40 bits per heavy atom. The minimum atomic E-state index is -0.662. The Kier molecular flexibility index (Phi) is 5.82. The zero-order valence-electron chi connectivity index (χ0n) is 12.9. The number of hydrogen-bond acceptors (Lipinski definition) is 4. The van der Waals surface area contributed by atoms with E-state index in [-0.39, 0.29) is 5.91 Å². The maximum Gasteiger partial charge on any atom is 0.244 e. The lowest BCUT2D eigenvalue weighted by atomic mass is 10.1. The average Bonchev–Trinajstić information content (AvgIpc) is 2.42. The molecule has 0 aliphatic heterocycles. The highest BCUT2D eigenvalue weighted by atomic mass is 16.5. The van der Waals surface area contributed by atoms with Crippen LogP contribution in [0.2, 0.25) is 0 Å². The quantitative estimate of drug-likeness (QED) is 0.805. The Morgan fingerprint density at radius 1 is 1.20 bits per heavy atom. The van der Waals surface area contributed by atoms with Crippen LogP contribution >= 0.6 is 0 Å². The standard InChI is InChI=1S/C15H24N2O3/c1-6-19-11-8-9-13(20-7-2)12(10-11)17-14(18)15(3,4)16-5/h8-10,16H,6-7H2,1-5H3,(H,17,18). The molecule has 0 bridgehead atoms. The number of ether oxygens (including phenoxy) is 2. The van der Waals surface area contributed by atoms with Crippen LogP contribution in [0.25, 0.3) is 0 Å². The molecule has 1 aromatic carbocycles. The Morgan fingerprint density at radius 2 is 1.85 bits per heavy atom. The van der Waals surface area contributed by atoms with Crippen molar-refractivity contribution in [1.82, 2.24) is 5.32 Å². The number of rotatable bonds is 7. The first kappa shape index (κ1) is 16.3. The van der Waals surface area contributed by atoms with Gasteiger partial charge in [0.15, 0.2) is 0 Å². The summed E-state index contributed by atoms with van der Waals surface area (Å²) in [6.07, 6.45) is 0. The molecule has 2 N–H and O–H groups in total. The van der Waals surface area contributed by atoms with Gasteiger partial charge in [-0.15, -0.1) is 0 Å². The summed E-state index contributed by atoms with van der Waals surface area (Å²) in [5, 5.41) is 5.85. The zero-order valence-corrected chi connectivity index (χ0v) is 12.9. The van der Waals surface area contributed by atoms with Gasteiger partial charge in [-0.3, -0.25) is 4.79 Å². The van der Waals surface area contributed by atoms with Crippen LogP contribution in [0.1, 0.15) is 27.7 Å². The number of hydrogen-bond donors (Lipinski definition) is 2. The van der Waals surface area contributed by atoms with Crippen LogP contribution in [0.4, 0.5) is 5.69 Å². The van der Waals surface area contributed by atoms with Gasteiger partial charge in [0.2, 0.25) is 5.91 Å². The molecule has 1 rings (SSSR count). The second-order valence-corrected chi connectivity index (χ2v) is 4.85. The van der Waals surface area contributed by atoms with Crippen LogP contribution in [0, 0.1) is 0 Å². The predicted molar refractivity (Wildman–Crippen MR) is 80.5 cm³/mol. The van der Waals surface area contributed by atoms with Crippen molar-refractivity contribution in [3.8, 4) is 11.5 Å². The summed E-state index contributed by atoms with van der Waals surface area (Å²) in [5.74, 6) is 1.21. The fourth-order valence-corrected chi connectivity index (χ4v) is 1.54. The Balaban J connectivity index is 3.00. The van der Waals surface area contributed by atoms with Gasteiger partial charge in [-0.25, -0.2) is 0 Å². The Bertz CT molecular complexity index is 458. The van der Waals surface area contributed by atoms with Gasteiger partial charge in [0.25, 0.3) is 0 Å². The van der Waals surface area contributed by atoms with Crippen LogP contribution < -0.4 is 20.1 Å². The average molecular weight is 280 g/mol. The van der Waals surface area contributed by atoms with Crippen molar-refractivity contribution >= 4 is 11.6 Å². The third-order valence-corrected chi connectivity index (χ3v) is 3.00. The largest absolute Gasteiger partial charge is 0.494 e. The first-order valence-corrected chi connectivity index (χ1v) is 6.84. The summed E-state index contributed by atoms with van der Waals surface area (Å²) in [4.78, 5) is 12.2. The highest BCUT2D eigenvalue weighted by Gasteiger charge is 2.26. The Hall–Kier alpha value is -1.75. The molecule has 112 valence electrons. The van der Waals surface area contributed by atoms with Gasteiger partial charge in [0.1, 0.15) is 11.5 Å². The molecule has 0 radical (unpaired) electrons. The van der Waals surface area contributed by atoms with Gasteiger partial charge in [-0.05, 0) is 46.9 Å². The first-order valence-electron chi connectivity index (χ1n) is 6.84. The number of amides is 1. The smallest absolute Gasteiger partial charge is 0.244 e. The first-order chi connectivity index (χ1) is 9.44. The van der Waals surface area contributed by atoms with E-state index in [0.29, 0.717) is 30.4 Å². The van der Waals surface area contributed by atoms with Gasteiger partial charge < -0.3 is 20.1 Å². The second-order valence-electron chi connectivity index (χ2n) is 4.85. The third-order valence-electron chi connectivity index (χ3n) is 3.00. The lowest BCUT2D eigenvalue weighted by Crippen LogP contribution is -2.47. The number of carbonyl (C=O) groups excluding carboxylic acids is 1. The molecular formula is C15H24N2O3. The molecular weight excluding hydrogens is 256 g/mol. The van der Waals surface area contributed by atoms with E-state index in [0.717, 1.165) is 0 Å². The molecule has 0 spiro atoms.